The molecule has 4 heavy (non-hydrogen) atoms. The third-order valence-corrected chi connectivity index (χ3v) is 2.95. The molecule has 0 aromatic rings. The zero-order valence-corrected chi connectivity index (χ0v) is 6.66. The monoisotopic (exact) mass is 110 g/mol. The van der Waals surface area contributed by atoms with Crippen LogP contribution in [0.5, 0.6) is 0 Å². The van der Waals surface area contributed by atoms with Gasteiger partial charge in [0.2, 0.25) is 0 Å². The Morgan fingerprint density at radius 3 is 2.25 bits per heavy atom. The summed E-state index contributed by atoms with van der Waals surface area (Å²) in [5.41, 5.74) is 0. The van der Waals surface area contributed by atoms with E-state index in [0.717, 1.165) is 10.5 Å². The smallest absolute Gasteiger partial charge is 0.543 e. The molecule has 0 heterocycles. The molecule has 0 unspecified atom stereocenters. The van der Waals surface area contributed by atoms with Gasteiger partial charge in [-0.05, 0) is 0 Å². The van der Waals surface area contributed by atoms with Gasteiger partial charge in [0.15, 0.2) is 0 Å². The molecule has 0 bridgehead atoms. The second-order valence-corrected chi connectivity index (χ2v) is 3.58. The third kappa shape index (κ3) is 3.00. The summed E-state index contributed by atoms with van der Waals surface area (Å²) in [5.74, 6) is 0. The molecule has 0 aliphatic heterocycles. The average molecular weight is 111 g/mol. The normalized spacial score (nSPS) is 7.25. The fraction of sp³-hybridized carbons (Fsp3) is 0. The predicted octanol–water partition coefficient (Wildman–Crippen LogP) is -1.21. The summed E-state index contributed by atoms with van der Waals surface area (Å²) in [4.78, 5) is 0. The van der Waals surface area contributed by atoms with E-state index in [1.54, 1.807) is 0 Å². The minimum absolute atomic E-state index is 0.542. The first kappa shape index (κ1) is 5.00. The maximum absolute atomic E-state index is 5.14. The van der Waals surface area contributed by atoms with Crippen molar-refractivity contribution in [3.63, 3.8) is 0 Å². The summed E-state index contributed by atoms with van der Waals surface area (Å²) >= 11 is -0.542. The number of rotatable bonds is 1. The largest absolute Gasteiger partial charge is 0.555 e. The Morgan fingerprint density at radius 2 is 2.25 bits per heavy atom. The summed E-state index contributed by atoms with van der Waals surface area (Å²) < 4.78 is 4.58. The highest BCUT2D eigenvalue weighted by atomic mass is 35.6. The van der Waals surface area contributed by atoms with Crippen LogP contribution in [0.15, 0.2) is 0 Å². The van der Waals surface area contributed by atoms with Gasteiger partial charge < -0.3 is 3.48 Å². The minimum atomic E-state index is -0.542. The van der Waals surface area contributed by atoms with E-state index in [-0.39, 0.29) is 0 Å². The van der Waals surface area contributed by atoms with Crippen LogP contribution in [0.4, 0.5) is 0 Å². The quantitative estimate of drug-likeness (QED) is 0.385. The molecular weight excluding hydrogens is 107 g/mol. The van der Waals surface area contributed by atoms with E-state index in [1.807, 2.05) is 0 Å². The topological polar surface area (TPSA) is 9.23 Å². The summed E-state index contributed by atoms with van der Waals surface area (Å²) in [6.45, 7) is 0. The van der Waals surface area contributed by atoms with Crippen LogP contribution < -0.4 is 0 Å². The van der Waals surface area contributed by atoms with Crippen LogP contribution in [0.25, 0.3) is 0 Å². The molecule has 1 nitrogen and oxygen atoms in total. The molecule has 24 valence electrons. The van der Waals surface area contributed by atoms with Crippen molar-refractivity contribution in [3.8, 4) is 0 Å². The van der Waals surface area contributed by atoms with Crippen LogP contribution in [0.3, 0.4) is 0 Å². The molecular formula is H4AlClOSi. The van der Waals surface area contributed by atoms with Gasteiger partial charge in [-0.2, -0.15) is 0 Å². The molecule has 0 spiro atoms. The Balaban J connectivity index is 1.97. The predicted molar refractivity (Wildman–Crippen MR) is 24.0 cm³/mol. The highest BCUT2D eigenvalue weighted by Crippen LogP contribution is 1.59. The van der Waals surface area contributed by atoms with Crippen molar-refractivity contribution in [2.24, 2.45) is 0 Å². The maximum atomic E-state index is 5.14. The van der Waals surface area contributed by atoms with E-state index in [0.29, 0.717) is 0 Å². The number of hydrogen-bond acceptors (Lipinski definition) is 1. The lowest BCUT2D eigenvalue weighted by atomic mass is 15.8. The number of halogens is 1. The van der Waals surface area contributed by atoms with Gasteiger partial charge in [-0.15, -0.1) is 0 Å². The van der Waals surface area contributed by atoms with Crippen LogP contribution in [-0.4, -0.2) is 25.1 Å². The van der Waals surface area contributed by atoms with E-state index >= 15 is 0 Å². The first-order chi connectivity index (χ1) is 1.91. The molecule has 0 saturated carbocycles. The van der Waals surface area contributed by atoms with Crippen molar-refractivity contribution in [1.29, 1.82) is 0 Å². The van der Waals surface area contributed by atoms with Crippen molar-refractivity contribution >= 4 is 35.2 Å². The fourth-order valence-electron chi connectivity index (χ4n) is 0. The van der Waals surface area contributed by atoms with Gasteiger partial charge in [0.05, 0.1) is 0 Å². The molecule has 4 heteroatoms. The summed E-state index contributed by atoms with van der Waals surface area (Å²) in [5, 5.41) is 0. The van der Waals surface area contributed by atoms with Crippen molar-refractivity contribution in [3.05, 3.63) is 0 Å². The molecule has 0 N–H and O–H groups in total. The first-order valence-corrected chi connectivity index (χ1v) is 4.50. The number of hydrogen-bond donors (Lipinski definition) is 0. The second-order valence-electron chi connectivity index (χ2n) is 0.398. The van der Waals surface area contributed by atoms with Gasteiger partial charge in [0.25, 0.3) is 0 Å². The van der Waals surface area contributed by atoms with Crippen molar-refractivity contribution in [2.75, 3.05) is 0 Å². The van der Waals surface area contributed by atoms with Crippen molar-refractivity contribution in [2.45, 2.75) is 0 Å². The van der Waals surface area contributed by atoms with Crippen LogP contribution in [-0.2, 0) is 3.48 Å². The molecule has 0 aromatic carbocycles. The molecule has 0 atom stereocenters. The van der Waals surface area contributed by atoms with Gasteiger partial charge in [0, 0.05) is 0 Å². The van der Waals surface area contributed by atoms with Gasteiger partial charge in [0.1, 0.15) is 10.5 Å². The van der Waals surface area contributed by atoms with Crippen LogP contribution in [0, 0.1) is 0 Å². The van der Waals surface area contributed by atoms with E-state index in [9.17, 15) is 0 Å². The molecule has 0 fully saturated rings. The average Bonchev–Trinajstić information content (AvgIpc) is 1.37. The maximum Gasteiger partial charge on any atom is 0.555 e. The Labute approximate surface area is 39.1 Å². The Hall–Kier alpha value is 0.999. The molecule has 0 amide bonds. The van der Waals surface area contributed by atoms with Crippen molar-refractivity contribution in [1.82, 2.24) is 0 Å². The summed E-state index contributed by atoms with van der Waals surface area (Å²) in [6, 6.07) is 0. The standard InChI is InChI=1S/Al.ClH.H3OSi.H/c;;1-2;/h;1H;2H3;/q+2;;-1;/p-1. The Morgan fingerprint density at radius 1 is 2.00 bits per heavy atom. The van der Waals surface area contributed by atoms with E-state index in [1.165, 1.54) is 0 Å². The van der Waals surface area contributed by atoms with Crippen LogP contribution in [0.2, 0.25) is 0 Å². The molecule has 0 rings (SSSR count). The summed E-state index contributed by atoms with van der Waals surface area (Å²) in [7, 11) is 5.96. The van der Waals surface area contributed by atoms with E-state index < -0.39 is 14.6 Å². The second kappa shape index (κ2) is 4.00. The lowest BCUT2D eigenvalue weighted by Gasteiger charge is -1.71. The van der Waals surface area contributed by atoms with Gasteiger partial charge in [-0.25, -0.2) is 10.0 Å². The highest BCUT2D eigenvalue weighted by molar-refractivity contribution is 6.91. The molecule has 0 radical (unpaired) electrons. The fourth-order valence-corrected chi connectivity index (χ4v) is 0. The third-order valence-electron chi connectivity index (χ3n) is 0.109. The van der Waals surface area contributed by atoms with Gasteiger partial charge >= 0.3 is 14.6 Å². The van der Waals surface area contributed by atoms with Gasteiger partial charge in [-0.1, -0.05) is 0 Å². The van der Waals surface area contributed by atoms with Gasteiger partial charge in [-0.3, -0.25) is 0 Å². The SMILES string of the molecule is [SiH3][O][AlH][Cl]. The molecule has 0 aromatic heterocycles. The van der Waals surface area contributed by atoms with Crippen LogP contribution in [0.1, 0.15) is 0 Å². The molecule has 0 aliphatic rings. The lowest BCUT2D eigenvalue weighted by molar-refractivity contribution is 0.683. The van der Waals surface area contributed by atoms with Crippen LogP contribution >= 0.6 is 10.0 Å². The van der Waals surface area contributed by atoms with E-state index in [2.05, 4.69) is 3.48 Å². The first-order valence-electron chi connectivity index (χ1n) is 0.964. The zero-order valence-electron chi connectivity index (χ0n) is 2.49. The van der Waals surface area contributed by atoms with E-state index in [4.69, 9.17) is 10.0 Å². The molecule has 0 aliphatic carbocycles. The Kier molecular flexibility index (Phi) is 5.00. The highest BCUT2D eigenvalue weighted by Gasteiger charge is 1.70. The zero-order chi connectivity index (χ0) is 3.41. The minimum Gasteiger partial charge on any atom is -0.543 e. The Bertz CT molecular complexity index is 10.0. The lowest BCUT2D eigenvalue weighted by Crippen LogP contribution is -1.78. The van der Waals surface area contributed by atoms with Crippen molar-refractivity contribution < 1.29 is 3.48 Å². The molecule has 0 saturated heterocycles. The summed E-state index contributed by atoms with van der Waals surface area (Å²) in [6.07, 6.45) is 0.